The lowest BCUT2D eigenvalue weighted by Crippen LogP contribution is -2.61. The van der Waals surface area contributed by atoms with E-state index in [9.17, 15) is 28.2 Å². The molecule has 1 heterocycles. The van der Waals surface area contributed by atoms with Gasteiger partial charge in [0.2, 0.25) is 0 Å². The van der Waals surface area contributed by atoms with Crippen LogP contribution in [0.15, 0.2) is 48.5 Å². The molecule has 11 heteroatoms. The predicted octanol–water partition coefficient (Wildman–Crippen LogP) is 4.01. The predicted molar refractivity (Wildman–Crippen MR) is 132 cm³/mol. The van der Waals surface area contributed by atoms with Crippen molar-refractivity contribution >= 4 is 17.5 Å². The minimum Gasteiger partial charge on any atom is -0.390 e. The summed E-state index contributed by atoms with van der Waals surface area (Å²) in [5, 5.41) is 24.7. The summed E-state index contributed by atoms with van der Waals surface area (Å²) < 4.78 is 57.1. The monoisotopic (exact) mass is 557 g/mol. The number of benzene rings is 2. The van der Waals surface area contributed by atoms with E-state index >= 15 is 0 Å². The van der Waals surface area contributed by atoms with Crippen LogP contribution in [0.5, 0.6) is 0 Å². The normalized spacial score (nSPS) is 27.8. The van der Waals surface area contributed by atoms with Gasteiger partial charge in [0.1, 0.15) is 6.10 Å². The summed E-state index contributed by atoms with van der Waals surface area (Å²) in [4.78, 5) is 13.5. The number of carbonyl (C=O) groups is 1. The largest absolute Gasteiger partial charge is 0.416 e. The van der Waals surface area contributed by atoms with Crippen LogP contribution in [0.4, 0.5) is 13.2 Å². The van der Waals surface area contributed by atoms with Crippen molar-refractivity contribution in [2.24, 2.45) is 0 Å². The number of alkyl halides is 3. The molecule has 2 aromatic rings. The fraction of sp³-hybridized carbons (Fsp3) is 0.519. The first kappa shape index (κ1) is 28.8. The lowest BCUT2D eigenvalue weighted by Gasteiger charge is -2.44. The molecule has 1 aliphatic heterocycles. The van der Waals surface area contributed by atoms with Crippen molar-refractivity contribution in [2.45, 2.75) is 75.1 Å². The first-order valence-electron chi connectivity index (χ1n) is 12.5. The van der Waals surface area contributed by atoms with E-state index in [1.54, 1.807) is 24.3 Å². The van der Waals surface area contributed by atoms with Gasteiger partial charge in [0.15, 0.2) is 5.60 Å². The summed E-state index contributed by atoms with van der Waals surface area (Å²) >= 11 is 6.03. The lowest BCUT2D eigenvalue weighted by molar-refractivity contribution is -0.200. The second-order valence-electron chi connectivity index (χ2n) is 9.77. The van der Waals surface area contributed by atoms with Crippen LogP contribution in [-0.4, -0.2) is 59.3 Å². The number of amides is 1. The molecule has 4 rings (SSSR count). The Morgan fingerprint density at radius 3 is 2.53 bits per heavy atom. The second-order valence-corrected chi connectivity index (χ2v) is 10.2. The van der Waals surface area contributed by atoms with E-state index in [4.69, 9.17) is 25.8 Å². The van der Waals surface area contributed by atoms with Gasteiger partial charge in [-0.3, -0.25) is 4.79 Å². The highest BCUT2D eigenvalue weighted by Crippen LogP contribution is 2.36. The van der Waals surface area contributed by atoms with Crippen LogP contribution in [-0.2, 0) is 38.4 Å². The molecular weight excluding hydrogens is 527 g/mol. The van der Waals surface area contributed by atoms with Crippen LogP contribution in [0, 0.1) is 0 Å². The Labute approximate surface area is 223 Å². The number of hydrogen-bond acceptors (Lipinski definition) is 6. The molecule has 0 spiro atoms. The molecule has 1 saturated carbocycles. The van der Waals surface area contributed by atoms with E-state index in [1.165, 1.54) is 12.1 Å². The summed E-state index contributed by atoms with van der Waals surface area (Å²) in [5.74, 6) is -0.553. The number of halogens is 4. The van der Waals surface area contributed by atoms with Gasteiger partial charge in [0.25, 0.3) is 5.91 Å². The van der Waals surface area contributed by atoms with Crippen LogP contribution in [0.25, 0.3) is 0 Å². The first-order valence-corrected chi connectivity index (χ1v) is 12.9. The Hall–Kier alpha value is -2.21. The minimum atomic E-state index is -4.53. The van der Waals surface area contributed by atoms with Crippen molar-refractivity contribution in [1.82, 2.24) is 5.32 Å². The van der Waals surface area contributed by atoms with Crippen molar-refractivity contribution in [3.8, 4) is 0 Å². The summed E-state index contributed by atoms with van der Waals surface area (Å²) in [6, 6.07) is 11.6. The molecule has 5 atom stereocenters. The quantitative estimate of drug-likeness (QED) is 0.431. The highest BCUT2D eigenvalue weighted by atomic mass is 35.5. The van der Waals surface area contributed by atoms with Crippen LogP contribution < -0.4 is 5.32 Å². The van der Waals surface area contributed by atoms with Crippen molar-refractivity contribution in [2.75, 3.05) is 13.2 Å². The average Bonchev–Trinajstić information content (AvgIpc) is 3.41. The Bertz CT molecular complexity index is 1100. The van der Waals surface area contributed by atoms with Crippen molar-refractivity contribution < 1.29 is 42.4 Å². The second kappa shape index (κ2) is 12.3. The molecule has 2 aromatic carbocycles. The molecule has 7 nitrogen and oxygen atoms in total. The highest BCUT2D eigenvalue weighted by molar-refractivity contribution is 6.30. The molecule has 3 N–H and O–H groups in total. The molecule has 2 unspecified atom stereocenters. The van der Waals surface area contributed by atoms with Crippen LogP contribution >= 0.6 is 11.6 Å². The number of nitrogens with one attached hydrogen (secondary N) is 1. The van der Waals surface area contributed by atoms with Gasteiger partial charge in [-0.15, -0.1) is 0 Å². The van der Waals surface area contributed by atoms with Gasteiger partial charge in [-0.25, -0.2) is 0 Å². The number of hydrogen-bond donors (Lipinski definition) is 3. The molecule has 1 amide bonds. The maximum Gasteiger partial charge on any atom is 0.416 e. The molecule has 2 aliphatic rings. The lowest BCUT2D eigenvalue weighted by atomic mass is 9.78. The standard InChI is InChI=1S/C27H31ClF3NO6/c28-20-7-2-5-18(11-20)15-37-23-13-26(12-22(33)24(23)34,25(35)32-14-21-8-3-9-36-21)38-16-17-4-1-6-19(10-17)27(29,30)31/h1-2,4-7,10-11,21-24,33-34H,3,8-9,12-16H2,(H,32,35)/t21?,22-,23?,24-,26+/m1/s1. The van der Waals surface area contributed by atoms with Crippen LogP contribution in [0.2, 0.25) is 5.02 Å². The molecule has 1 aliphatic carbocycles. The van der Waals surface area contributed by atoms with Crippen molar-refractivity contribution in [3.05, 3.63) is 70.2 Å². The molecule has 2 fully saturated rings. The molecule has 1 saturated heterocycles. The maximum atomic E-state index is 13.5. The number of ether oxygens (including phenoxy) is 3. The summed E-state index contributed by atoms with van der Waals surface area (Å²) in [7, 11) is 0. The number of aliphatic hydroxyl groups is 2. The SMILES string of the molecule is O=C(NCC1CCCO1)[C@@]1(OCc2cccc(C(F)(F)F)c2)CC(OCc2cccc(Cl)c2)[C@H](O)[C@H](O)C1. The van der Waals surface area contributed by atoms with Gasteiger partial charge in [-0.1, -0.05) is 35.9 Å². The third kappa shape index (κ3) is 7.25. The zero-order chi connectivity index (χ0) is 27.3. The molecule has 38 heavy (non-hydrogen) atoms. The summed E-state index contributed by atoms with van der Waals surface area (Å²) in [6.07, 6.45) is -7.08. The number of carbonyl (C=O) groups excluding carboxylic acids is 1. The van der Waals surface area contributed by atoms with Crippen LogP contribution in [0.3, 0.4) is 0 Å². The minimum absolute atomic E-state index is 0.0518. The van der Waals surface area contributed by atoms with Crippen molar-refractivity contribution in [3.63, 3.8) is 0 Å². The van der Waals surface area contributed by atoms with Crippen LogP contribution in [0.1, 0.15) is 42.4 Å². The Morgan fingerprint density at radius 2 is 1.84 bits per heavy atom. The van der Waals surface area contributed by atoms with Gasteiger partial charge in [0.05, 0.1) is 37.1 Å². The molecule has 0 aromatic heterocycles. The van der Waals surface area contributed by atoms with Gasteiger partial charge < -0.3 is 29.7 Å². The molecule has 0 bridgehead atoms. The molecule has 0 radical (unpaired) electrons. The third-order valence-electron chi connectivity index (χ3n) is 6.90. The highest BCUT2D eigenvalue weighted by Gasteiger charge is 2.51. The Kier molecular flexibility index (Phi) is 9.33. The van der Waals surface area contributed by atoms with Gasteiger partial charge >= 0.3 is 6.18 Å². The zero-order valence-corrected chi connectivity index (χ0v) is 21.4. The van der Waals surface area contributed by atoms with Gasteiger partial charge in [-0.2, -0.15) is 13.2 Å². The fourth-order valence-electron chi connectivity index (χ4n) is 4.82. The number of rotatable bonds is 9. The van der Waals surface area contributed by atoms with Gasteiger partial charge in [-0.05, 0) is 48.2 Å². The smallest absolute Gasteiger partial charge is 0.390 e. The Morgan fingerprint density at radius 1 is 1.11 bits per heavy atom. The van der Waals surface area contributed by atoms with E-state index in [-0.39, 0.29) is 44.3 Å². The topological polar surface area (TPSA) is 97.3 Å². The van der Waals surface area contributed by atoms with E-state index in [1.807, 2.05) is 0 Å². The molecular formula is C27H31ClF3NO6. The van der Waals surface area contributed by atoms with E-state index in [0.717, 1.165) is 30.5 Å². The van der Waals surface area contributed by atoms with E-state index in [2.05, 4.69) is 5.32 Å². The maximum absolute atomic E-state index is 13.5. The Balaban J connectivity index is 1.53. The molecule has 208 valence electrons. The van der Waals surface area contributed by atoms with E-state index < -0.39 is 41.6 Å². The zero-order valence-electron chi connectivity index (χ0n) is 20.6. The third-order valence-corrected chi connectivity index (χ3v) is 7.13. The number of aliphatic hydroxyl groups excluding tert-OH is 2. The summed E-state index contributed by atoms with van der Waals surface area (Å²) in [6.45, 7) is 0.555. The van der Waals surface area contributed by atoms with E-state index in [0.29, 0.717) is 11.6 Å². The average molecular weight is 558 g/mol. The first-order chi connectivity index (χ1) is 18.1. The van der Waals surface area contributed by atoms with Crippen molar-refractivity contribution in [1.29, 1.82) is 0 Å². The fourth-order valence-corrected chi connectivity index (χ4v) is 5.04. The summed E-state index contributed by atoms with van der Waals surface area (Å²) in [5.41, 5.74) is -1.56. The van der Waals surface area contributed by atoms with Gasteiger partial charge in [0, 0.05) is 31.0 Å².